The lowest BCUT2D eigenvalue weighted by Gasteiger charge is -2.29. The van der Waals surface area contributed by atoms with Crippen LogP contribution >= 0.6 is 0 Å². The third-order valence-electron chi connectivity index (χ3n) is 3.53. The third kappa shape index (κ3) is 3.19. The second-order valence-electron chi connectivity index (χ2n) is 4.79. The molecule has 0 saturated heterocycles. The Morgan fingerprint density at radius 3 is 2.59 bits per heavy atom. The third-order valence-corrected chi connectivity index (χ3v) is 3.53. The number of benzene rings is 1. The van der Waals surface area contributed by atoms with E-state index in [1.54, 1.807) is 6.07 Å². The molecular formula is C14H20FNO. The molecule has 1 aromatic rings. The first kappa shape index (κ1) is 12.4. The van der Waals surface area contributed by atoms with Gasteiger partial charge < -0.3 is 10.1 Å². The molecule has 1 fully saturated rings. The highest BCUT2D eigenvalue weighted by atomic mass is 19.1. The molecule has 1 N–H and O–H groups in total. The monoisotopic (exact) mass is 237 g/mol. The van der Waals surface area contributed by atoms with E-state index in [9.17, 15) is 4.39 Å². The van der Waals surface area contributed by atoms with Gasteiger partial charge in [0.15, 0.2) is 0 Å². The van der Waals surface area contributed by atoms with Crippen LogP contribution in [0.5, 0.6) is 5.75 Å². The number of aryl methyl sites for hydroxylation is 1. The van der Waals surface area contributed by atoms with Crippen LogP contribution in [-0.2, 0) is 0 Å². The number of ether oxygens (including phenoxy) is 1. The summed E-state index contributed by atoms with van der Waals surface area (Å²) in [5.41, 5.74) is 1.00. The Hall–Kier alpha value is -1.09. The van der Waals surface area contributed by atoms with E-state index in [1.165, 1.54) is 12.1 Å². The van der Waals surface area contributed by atoms with Crippen molar-refractivity contribution in [3.05, 3.63) is 29.6 Å². The smallest absolute Gasteiger partial charge is 0.126 e. The van der Waals surface area contributed by atoms with Crippen molar-refractivity contribution in [3.63, 3.8) is 0 Å². The number of nitrogens with one attached hydrogen (secondary N) is 1. The number of hydrogen-bond acceptors (Lipinski definition) is 2. The van der Waals surface area contributed by atoms with Gasteiger partial charge in [-0.15, -0.1) is 0 Å². The molecule has 1 aliphatic carbocycles. The maximum absolute atomic E-state index is 13.1. The molecule has 1 aliphatic rings. The van der Waals surface area contributed by atoms with Crippen molar-refractivity contribution in [2.45, 2.75) is 44.8 Å². The lowest BCUT2D eigenvalue weighted by Crippen LogP contribution is -2.34. The van der Waals surface area contributed by atoms with Gasteiger partial charge in [-0.05, 0) is 51.3 Å². The van der Waals surface area contributed by atoms with E-state index in [1.807, 2.05) is 14.0 Å². The van der Waals surface area contributed by atoms with Crippen LogP contribution in [0, 0.1) is 12.7 Å². The fraction of sp³-hybridized carbons (Fsp3) is 0.571. The van der Waals surface area contributed by atoms with Crippen LogP contribution in [0.15, 0.2) is 18.2 Å². The highest BCUT2D eigenvalue weighted by Gasteiger charge is 2.21. The first-order valence-electron chi connectivity index (χ1n) is 6.29. The zero-order valence-electron chi connectivity index (χ0n) is 10.5. The molecule has 1 saturated carbocycles. The minimum Gasteiger partial charge on any atom is -0.490 e. The SMILES string of the molecule is CN[C@H]1CC[C@@H](Oc2cc(F)ccc2C)CC1. The summed E-state index contributed by atoms with van der Waals surface area (Å²) >= 11 is 0. The molecule has 0 spiro atoms. The molecule has 0 radical (unpaired) electrons. The Kier molecular flexibility index (Phi) is 4.00. The summed E-state index contributed by atoms with van der Waals surface area (Å²) in [5.74, 6) is 0.465. The summed E-state index contributed by atoms with van der Waals surface area (Å²) in [6.45, 7) is 1.95. The van der Waals surface area contributed by atoms with E-state index in [2.05, 4.69) is 5.32 Å². The quantitative estimate of drug-likeness (QED) is 0.872. The summed E-state index contributed by atoms with van der Waals surface area (Å²) in [5, 5.41) is 3.29. The van der Waals surface area contributed by atoms with Crippen LogP contribution in [0.25, 0.3) is 0 Å². The molecule has 0 aromatic heterocycles. The first-order chi connectivity index (χ1) is 8.19. The van der Waals surface area contributed by atoms with Crippen LogP contribution in [0.4, 0.5) is 4.39 Å². The summed E-state index contributed by atoms with van der Waals surface area (Å²) in [6, 6.07) is 5.34. The minimum absolute atomic E-state index is 0.227. The molecule has 17 heavy (non-hydrogen) atoms. The lowest BCUT2D eigenvalue weighted by molar-refractivity contribution is 0.140. The second-order valence-corrected chi connectivity index (χ2v) is 4.79. The molecule has 0 unspecified atom stereocenters. The van der Waals surface area contributed by atoms with Gasteiger partial charge in [0, 0.05) is 12.1 Å². The summed E-state index contributed by atoms with van der Waals surface area (Å²) in [7, 11) is 2.00. The van der Waals surface area contributed by atoms with Gasteiger partial charge in [0.1, 0.15) is 11.6 Å². The summed E-state index contributed by atoms with van der Waals surface area (Å²) < 4.78 is 19.0. The molecule has 1 aromatic carbocycles. The van der Waals surface area contributed by atoms with Crippen LogP contribution in [0.3, 0.4) is 0 Å². The van der Waals surface area contributed by atoms with Crippen LogP contribution in [0.1, 0.15) is 31.2 Å². The predicted octanol–water partition coefficient (Wildman–Crippen LogP) is 3.04. The Bertz CT molecular complexity index is 372. The zero-order valence-corrected chi connectivity index (χ0v) is 10.5. The Labute approximate surface area is 102 Å². The largest absolute Gasteiger partial charge is 0.490 e. The zero-order chi connectivity index (χ0) is 12.3. The van der Waals surface area contributed by atoms with E-state index in [-0.39, 0.29) is 11.9 Å². The maximum atomic E-state index is 13.1. The molecule has 94 valence electrons. The van der Waals surface area contributed by atoms with E-state index >= 15 is 0 Å². The van der Waals surface area contributed by atoms with Crippen molar-refractivity contribution < 1.29 is 9.13 Å². The second kappa shape index (κ2) is 5.50. The van der Waals surface area contributed by atoms with Gasteiger partial charge in [-0.2, -0.15) is 0 Å². The maximum Gasteiger partial charge on any atom is 0.126 e. The van der Waals surface area contributed by atoms with Gasteiger partial charge in [0.25, 0.3) is 0 Å². The average molecular weight is 237 g/mol. The van der Waals surface area contributed by atoms with Crippen LogP contribution < -0.4 is 10.1 Å². The Balaban J connectivity index is 1.95. The molecule has 0 heterocycles. The number of halogens is 1. The van der Waals surface area contributed by atoms with E-state index in [0.29, 0.717) is 11.8 Å². The van der Waals surface area contributed by atoms with Crippen molar-refractivity contribution in [3.8, 4) is 5.75 Å². The van der Waals surface area contributed by atoms with Crippen molar-refractivity contribution in [2.75, 3.05) is 7.05 Å². The topological polar surface area (TPSA) is 21.3 Å². The van der Waals surface area contributed by atoms with Crippen molar-refractivity contribution >= 4 is 0 Å². The average Bonchev–Trinajstić information content (AvgIpc) is 2.35. The van der Waals surface area contributed by atoms with E-state index < -0.39 is 0 Å². The van der Waals surface area contributed by atoms with Crippen LogP contribution in [0.2, 0.25) is 0 Å². The molecule has 0 bridgehead atoms. The van der Waals surface area contributed by atoms with Gasteiger partial charge in [0.05, 0.1) is 6.10 Å². The molecule has 3 heteroatoms. The molecule has 0 aliphatic heterocycles. The van der Waals surface area contributed by atoms with E-state index in [4.69, 9.17) is 4.74 Å². The van der Waals surface area contributed by atoms with Gasteiger partial charge in [-0.1, -0.05) is 6.07 Å². The molecule has 0 amide bonds. The van der Waals surface area contributed by atoms with Crippen molar-refractivity contribution in [1.29, 1.82) is 0 Å². The fourth-order valence-electron chi connectivity index (χ4n) is 2.35. The number of rotatable bonds is 3. The molecular weight excluding hydrogens is 217 g/mol. The summed E-state index contributed by atoms with van der Waals surface area (Å²) in [4.78, 5) is 0. The predicted molar refractivity (Wildman–Crippen MR) is 66.9 cm³/mol. The normalized spacial score (nSPS) is 24.6. The van der Waals surface area contributed by atoms with E-state index in [0.717, 1.165) is 31.2 Å². The van der Waals surface area contributed by atoms with Gasteiger partial charge >= 0.3 is 0 Å². The minimum atomic E-state index is -0.227. The Morgan fingerprint density at radius 2 is 1.94 bits per heavy atom. The highest BCUT2D eigenvalue weighted by molar-refractivity contribution is 5.32. The molecule has 2 nitrogen and oxygen atoms in total. The lowest BCUT2D eigenvalue weighted by atomic mass is 9.93. The van der Waals surface area contributed by atoms with Gasteiger partial charge in [-0.25, -0.2) is 4.39 Å². The van der Waals surface area contributed by atoms with Crippen molar-refractivity contribution in [2.24, 2.45) is 0 Å². The van der Waals surface area contributed by atoms with Gasteiger partial charge in [0.2, 0.25) is 0 Å². The first-order valence-corrected chi connectivity index (χ1v) is 6.29. The molecule has 0 atom stereocenters. The van der Waals surface area contributed by atoms with Crippen LogP contribution in [-0.4, -0.2) is 19.2 Å². The fourth-order valence-corrected chi connectivity index (χ4v) is 2.35. The molecule has 2 rings (SSSR count). The van der Waals surface area contributed by atoms with Crippen molar-refractivity contribution in [1.82, 2.24) is 5.32 Å². The summed E-state index contributed by atoms with van der Waals surface area (Å²) in [6.07, 6.45) is 4.59. The number of hydrogen-bond donors (Lipinski definition) is 1. The Morgan fingerprint density at radius 1 is 1.24 bits per heavy atom. The standard InChI is InChI=1S/C14H20FNO/c1-10-3-4-11(15)9-14(10)17-13-7-5-12(16-2)6-8-13/h3-4,9,12-13,16H,5-8H2,1-2H3/t12-,13+. The van der Waals surface area contributed by atoms with Gasteiger partial charge in [-0.3, -0.25) is 0 Å². The highest BCUT2D eigenvalue weighted by Crippen LogP contribution is 2.26.